The van der Waals surface area contributed by atoms with E-state index in [9.17, 15) is 22.8 Å². The third-order valence-electron chi connectivity index (χ3n) is 4.32. The topological polar surface area (TPSA) is 76.7 Å². The zero-order valence-corrected chi connectivity index (χ0v) is 16.0. The minimum absolute atomic E-state index is 0.100. The van der Waals surface area contributed by atoms with E-state index in [1.165, 1.54) is 6.92 Å². The smallest absolute Gasteiger partial charge is 0.422 e. The van der Waals surface area contributed by atoms with E-state index in [-0.39, 0.29) is 11.3 Å². The van der Waals surface area contributed by atoms with E-state index in [0.29, 0.717) is 17.9 Å². The zero-order valence-electron chi connectivity index (χ0n) is 16.0. The first-order chi connectivity index (χ1) is 14.2. The molecule has 0 bridgehead atoms. The molecule has 1 aliphatic heterocycles. The van der Waals surface area contributed by atoms with Crippen LogP contribution < -0.4 is 15.4 Å². The van der Waals surface area contributed by atoms with E-state index in [2.05, 4.69) is 15.4 Å². The molecule has 0 fully saturated rings. The van der Waals surface area contributed by atoms with Gasteiger partial charge in [0.25, 0.3) is 0 Å². The van der Waals surface area contributed by atoms with Gasteiger partial charge in [-0.1, -0.05) is 42.5 Å². The average Bonchev–Trinajstić information content (AvgIpc) is 2.70. The van der Waals surface area contributed by atoms with Crippen LogP contribution in [0.15, 0.2) is 65.9 Å². The maximum Gasteiger partial charge on any atom is 0.422 e. The van der Waals surface area contributed by atoms with Gasteiger partial charge in [0, 0.05) is 5.70 Å². The SMILES string of the molecule is CC1=C(C(=O)OCC(F)(F)F)[C@H](c2ccc(OCc3ccccc3)cc2)NC(=O)N1. The summed E-state index contributed by atoms with van der Waals surface area (Å²) in [5, 5.41) is 4.92. The Labute approximate surface area is 170 Å². The van der Waals surface area contributed by atoms with Gasteiger partial charge < -0.3 is 20.1 Å². The van der Waals surface area contributed by atoms with Crippen molar-refractivity contribution in [3.05, 3.63) is 77.0 Å². The highest BCUT2D eigenvalue weighted by atomic mass is 19.4. The minimum Gasteiger partial charge on any atom is -0.489 e. The van der Waals surface area contributed by atoms with Crippen LogP contribution in [0.1, 0.15) is 24.1 Å². The second-order valence-corrected chi connectivity index (χ2v) is 6.60. The zero-order chi connectivity index (χ0) is 21.7. The third kappa shape index (κ3) is 5.53. The number of hydrogen-bond donors (Lipinski definition) is 2. The quantitative estimate of drug-likeness (QED) is 0.693. The van der Waals surface area contributed by atoms with E-state index < -0.39 is 30.8 Å². The van der Waals surface area contributed by atoms with Crippen LogP contribution in [0.25, 0.3) is 0 Å². The van der Waals surface area contributed by atoms with E-state index >= 15 is 0 Å². The van der Waals surface area contributed by atoms with Crippen LogP contribution in [0.3, 0.4) is 0 Å². The second kappa shape index (κ2) is 8.89. The molecule has 6 nitrogen and oxygen atoms in total. The molecule has 1 atom stereocenters. The van der Waals surface area contributed by atoms with Crippen molar-refractivity contribution < 1.29 is 32.2 Å². The van der Waals surface area contributed by atoms with Gasteiger partial charge in [0.1, 0.15) is 12.4 Å². The van der Waals surface area contributed by atoms with Crippen molar-refractivity contribution >= 4 is 12.0 Å². The lowest BCUT2D eigenvalue weighted by atomic mass is 9.95. The summed E-state index contributed by atoms with van der Waals surface area (Å²) in [6.07, 6.45) is -4.65. The molecule has 0 saturated heterocycles. The van der Waals surface area contributed by atoms with Crippen molar-refractivity contribution in [2.75, 3.05) is 6.61 Å². The molecular weight excluding hydrogens is 401 g/mol. The Morgan fingerprint density at radius 1 is 1.07 bits per heavy atom. The fraction of sp³-hybridized carbons (Fsp3) is 0.238. The van der Waals surface area contributed by atoms with Gasteiger partial charge in [-0.05, 0) is 30.2 Å². The average molecular weight is 420 g/mol. The molecule has 2 amide bonds. The summed E-state index contributed by atoms with van der Waals surface area (Å²) in [5.74, 6) is -0.600. The number of esters is 1. The summed E-state index contributed by atoms with van der Waals surface area (Å²) < 4.78 is 47.3. The number of urea groups is 1. The van der Waals surface area contributed by atoms with Crippen molar-refractivity contribution in [1.29, 1.82) is 0 Å². The third-order valence-corrected chi connectivity index (χ3v) is 4.32. The first-order valence-electron chi connectivity index (χ1n) is 9.02. The van der Waals surface area contributed by atoms with Crippen LogP contribution in [-0.2, 0) is 16.1 Å². The molecule has 0 radical (unpaired) electrons. The molecule has 0 unspecified atom stereocenters. The highest BCUT2D eigenvalue weighted by Gasteiger charge is 2.35. The molecule has 0 saturated carbocycles. The van der Waals surface area contributed by atoms with Gasteiger partial charge in [-0.3, -0.25) is 0 Å². The van der Waals surface area contributed by atoms with Crippen LogP contribution in [0.4, 0.5) is 18.0 Å². The fourth-order valence-electron chi connectivity index (χ4n) is 2.94. The molecular formula is C21H19F3N2O4. The van der Waals surface area contributed by atoms with Gasteiger partial charge >= 0.3 is 18.2 Å². The lowest BCUT2D eigenvalue weighted by Gasteiger charge is -2.28. The summed E-state index contributed by atoms with van der Waals surface area (Å²) in [6, 6.07) is 14.6. The summed E-state index contributed by atoms with van der Waals surface area (Å²) in [4.78, 5) is 24.1. The number of alkyl halides is 3. The molecule has 0 aliphatic carbocycles. The standard InChI is InChI=1S/C21H19F3N2O4/c1-13-17(19(27)30-12-21(22,23)24)18(26-20(28)25-13)15-7-9-16(10-8-15)29-11-14-5-3-2-4-6-14/h2-10,18H,11-12H2,1H3,(H2,25,26,28)/t18-/m0/s1. The number of benzene rings is 2. The summed E-state index contributed by atoms with van der Waals surface area (Å²) >= 11 is 0. The molecule has 2 N–H and O–H groups in total. The Morgan fingerprint density at radius 3 is 2.37 bits per heavy atom. The number of ether oxygens (including phenoxy) is 2. The van der Waals surface area contributed by atoms with Crippen molar-refractivity contribution in [3.8, 4) is 5.75 Å². The van der Waals surface area contributed by atoms with Crippen LogP contribution >= 0.6 is 0 Å². The normalized spacial score (nSPS) is 16.5. The molecule has 0 spiro atoms. The Balaban J connectivity index is 1.75. The highest BCUT2D eigenvalue weighted by Crippen LogP contribution is 2.29. The van der Waals surface area contributed by atoms with Crippen LogP contribution in [0.5, 0.6) is 5.75 Å². The molecule has 158 valence electrons. The van der Waals surface area contributed by atoms with Crippen molar-refractivity contribution in [3.63, 3.8) is 0 Å². The lowest BCUT2D eigenvalue weighted by Crippen LogP contribution is -2.45. The van der Waals surface area contributed by atoms with E-state index in [0.717, 1.165) is 5.56 Å². The number of hydrogen-bond acceptors (Lipinski definition) is 4. The molecule has 3 rings (SSSR count). The van der Waals surface area contributed by atoms with E-state index in [4.69, 9.17) is 4.74 Å². The monoisotopic (exact) mass is 420 g/mol. The Kier molecular flexibility index (Phi) is 6.29. The van der Waals surface area contributed by atoms with Gasteiger partial charge in [0.15, 0.2) is 6.61 Å². The number of nitrogens with one attached hydrogen (secondary N) is 2. The summed E-state index contributed by atoms with van der Waals surface area (Å²) in [6.45, 7) is 0.0705. The van der Waals surface area contributed by atoms with Gasteiger partial charge in [-0.2, -0.15) is 13.2 Å². The lowest BCUT2D eigenvalue weighted by molar-refractivity contribution is -0.183. The van der Waals surface area contributed by atoms with Crippen LogP contribution in [-0.4, -0.2) is 24.8 Å². The molecule has 30 heavy (non-hydrogen) atoms. The van der Waals surface area contributed by atoms with Crippen molar-refractivity contribution in [2.45, 2.75) is 25.7 Å². The molecule has 1 heterocycles. The number of halogens is 3. The van der Waals surface area contributed by atoms with Crippen LogP contribution in [0, 0.1) is 0 Å². The van der Waals surface area contributed by atoms with Gasteiger partial charge in [0.05, 0.1) is 11.6 Å². The number of allylic oxidation sites excluding steroid dienone is 1. The molecule has 2 aromatic carbocycles. The first kappa shape index (κ1) is 21.2. The number of carbonyl (C=O) groups excluding carboxylic acids is 2. The molecule has 1 aliphatic rings. The maximum atomic E-state index is 12.4. The van der Waals surface area contributed by atoms with E-state index in [1.807, 2.05) is 30.3 Å². The first-order valence-corrected chi connectivity index (χ1v) is 9.02. The fourth-order valence-corrected chi connectivity index (χ4v) is 2.94. The Morgan fingerprint density at radius 2 is 1.73 bits per heavy atom. The second-order valence-electron chi connectivity index (χ2n) is 6.60. The summed E-state index contributed by atoms with van der Waals surface area (Å²) in [7, 11) is 0. The maximum absolute atomic E-state index is 12.4. The number of amides is 2. The van der Waals surface area contributed by atoms with Crippen molar-refractivity contribution in [2.24, 2.45) is 0 Å². The highest BCUT2D eigenvalue weighted by molar-refractivity contribution is 5.95. The van der Waals surface area contributed by atoms with E-state index in [1.54, 1.807) is 24.3 Å². The molecule has 0 aromatic heterocycles. The van der Waals surface area contributed by atoms with Gasteiger partial charge in [-0.25, -0.2) is 9.59 Å². The largest absolute Gasteiger partial charge is 0.489 e. The minimum atomic E-state index is -4.65. The van der Waals surface area contributed by atoms with Crippen LogP contribution in [0.2, 0.25) is 0 Å². The number of carbonyl (C=O) groups is 2. The predicted molar refractivity (Wildman–Crippen MR) is 101 cm³/mol. The van der Waals surface area contributed by atoms with Gasteiger partial charge in [0.2, 0.25) is 0 Å². The summed E-state index contributed by atoms with van der Waals surface area (Å²) in [5.41, 5.74) is 1.51. The Hall–Kier alpha value is -3.49. The number of rotatable bonds is 6. The van der Waals surface area contributed by atoms with Crippen molar-refractivity contribution in [1.82, 2.24) is 10.6 Å². The Bertz CT molecular complexity index is 941. The predicted octanol–water partition coefficient (Wildman–Crippen LogP) is 4.00. The molecule has 2 aromatic rings. The molecule has 9 heteroatoms. The van der Waals surface area contributed by atoms with Gasteiger partial charge in [-0.15, -0.1) is 0 Å².